The van der Waals surface area contributed by atoms with Gasteiger partial charge in [-0.3, -0.25) is 4.79 Å². The second-order valence-corrected chi connectivity index (χ2v) is 4.86. The van der Waals surface area contributed by atoms with Crippen molar-refractivity contribution in [2.75, 3.05) is 6.61 Å². The highest BCUT2D eigenvalue weighted by molar-refractivity contribution is 5.80. The summed E-state index contributed by atoms with van der Waals surface area (Å²) >= 11 is 0. The van der Waals surface area contributed by atoms with Crippen LogP contribution >= 0.6 is 0 Å². The number of nitrogens with one attached hydrogen (secondary N) is 1. The first-order valence-corrected chi connectivity index (χ1v) is 6.84. The fraction of sp³-hybridized carbons (Fsp3) is 0.467. The molecule has 0 aliphatic heterocycles. The van der Waals surface area contributed by atoms with Crippen LogP contribution in [0.4, 0.5) is 0 Å². The number of nitrogens with zero attached hydrogens (tertiary/aromatic N) is 2. The number of imidazole rings is 1. The van der Waals surface area contributed by atoms with Crippen LogP contribution in [0.3, 0.4) is 0 Å². The summed E-state index contributed by atoms with van der Waals surface area (Å²) in [6.45, 7) is 6.63. The Labute approximate surface area is 118 Å². The molecule has 108 valence electrons. The van der Waals surface area contributed by atoms with E-state index in [4.69, 9.17) is 4.74 Å². The zero-order valence-electron chi connectivity index (χ0n) is 12.4. The van der Waals surface area contributed by atoms with Crippen LogP contribution < -0.4 is 5.32 Å². The Kier molecular flexibility index (Phi) is 4.39. The molecule has 0 saturated heterocycles. The van der Waals surface area contributed by atoms with Gasteiger partial charge in [0.1, 0.15) is 11.9 Å². The van der Waals surface area contributed by atoms with E-state index >= 15 is 0 Å². The molecule has 5 nitrogen and oxygen atoms in total. The van der Waals surface area contributed by atoms with Crippen molar-refractivity contribution in [3.63, 3.8) is 0 Å². The maximum atomic E-state index is 11.8. The average Bonchev–Trinajstić information content (AvgIpc) is 2.71. The number of hydrogen-bond donors (Lipinski definition) is 1. The number of benzene rings is 1. The van der Waals surface area contributed by atoms with Gasteiger partial charge in [-0.25, -0.2) is 4.98 Å². The van der Waals surface area contributed by atoms with Crippen molar-refractivity contribution in [2.45, 2.75) is 33.4 Å². The smallest absolute Gasteiger partial charge is 0.249 e. The molecule has 2 rings (SSSR count). The normalized spacial score (nSPS) is 12.6. The molecule has 0 fully saturated rings. The lowest BCUT2D eigenvalue weighted by Crippen LogP contribution is -2.34. The minimum Gasteiger partial charge on any atom is -0.369 e. The zero-order chi connectivity index (χ0) is 14.7. The minimum atomic E-state index is -0.416. The number of amides is 1. The summed E-state index contributed by atoms with van der Waals surface area (Å²) in [7, 11) is 2.00. The second kappa shape index (κ2) is 6.05. The van der Waals surface area contributed by atoms with Gasteiger partial charge >= 0.3 is 0 Å². The molecule has 20 heavy (non-hydrogen) atoms. The van der Waals surface area contributed by atoms with Crippen molar-refractivity contribution in [3.05, 3.63) is 29.6 Å². The monoisotopic (exact) mass is 275 g/mol. The summed E-state index contributed by atoms with van der Waals surface area (Å²) in [6.07, 6.45) is -0.416. The molecule has 1 amide bonds. The average molecular weight is 275 g/mol. The van der Waals surface area contributed by atoms with E-state index in [2.05, 4.69) is 14.9 Å². The third-order valence-corrected chi connectivity index (χ3v) is 3.42. The van der Waals surface area contributed by atoms with Crippen LogP contribution in [0.5, 0.6) is 0 Å². The van der Waals surface area contributed by atoms with Crippen LogP contribution in [0, 0.1) is 6.92 Å². The number of aromatic nitrogens is 2. The number of carbonyl (C=O) groups is 1. The van der Waals surface area contributed by atoms with Gasteiger partial charge in [0.2, 0.25) is 5.91 Å². The van der Waals surface area contributed by atoms with Gasteiger partial charge in [0, 0.05) is 20.2 Å². The van der Waals surface area contributed by atoms with Crippen molar-refractivity contribution < 1.29 is 9.53 Å². The Bertz CT molecular complexity index is 619. The van der Waals surface area contributed by atoms with Crippen LogP contribution in [0.25, 0.3) is 11.0 Å². The molecule has 0 radical (unpaired) electrons. The van der Waals surface area contributed by atoms with Gasteiger partial charge in [-0.05, 0) is 38.5 Å². The van der Waals surface area contributed by atoms with Gasteiger partial charge in [0.05, 0.1) is 11.0 Å². The van der Waals surface area contributed by atoms with Crippen LogP contribution in [0.1, 0.15) is 25.2 Å². The number of carbonyl (C=O) groups excluding carboxylic acids is 1. The largest absolute Gasteiger partial charge is 0.369 e. The molecular weight excluding hydrogens is 254 g/mol. The molecule has 0 bridgehead atoms. The number of rotatable bonds is 5. The zero-order valence-corrected chi connectivity index (χ0v) is 12.4. The van der Waals surface area contributed by atoms with E-state index in [-0.39, 0.29) is 5.91 Å². The van der Waals surface area contributed by atoms with Crippen LogP contribution in [-0.2, 0) is 23.1 Å². The minimum absolute atomic E-state index is 0.0934. The molecule has 5 heteroatoms. The van der Waals surface area contributed by atoms with E-state index in [1.807, 2.05) is 39.1 Å². The molecule has 2 aromatic rings. The molecular formula is C15H21N3O2. The van der Waals surface area contributed by atoms with Gasteiger partial charge in [0.25, 0.3) is 0 Å². The van der Waals surface area contributed by atoms with Crippen molar-refractivity contribution in [3.8, 4) is 0 Å². The maximum absolute atomic E-state index is 11.8. The van der Waals surface area contributed by atoms with Gasteiger partial charge in [-0.2, -0.15) is 0 Å². The predicted molar refractivity (Wildman–Crippen MR) is 78.4 cm³/mol. The van der Waals surface area contributed by atoms with Gasteiger partial charge < -0.3 is 14.6 Å². The Morgan fingerprint density at radius 2 is 2.25 bits per heavy atom. The SMILES string of the molecule is CCO[C@@H](C)C(=O)NCc1ccc2c(c1)nc(C)n2C. The number of fused-ring (bicyclic) bond motifs is 1. The van der Waals surface area contributed by atoms with Crippen LogP contribution in [0.15, 0.2) is 18.2 Å². The van der Waals surface area contributed by atoms with E-state index in [0.29, 0.717) is 13.2 Å². The van der Waals surface area contributed by atoms with Gasteiger partial charge in [-0.1, -0.05) is 6.07 Å². The summed E-state index contributed by atoms with van der Waals surface area (Å²) < 4.78 is 7.30. The first-order chi connectivity index (χ1) is 9.52. The third-order valence-electron chi connectivity index (χ3n) is 3.42. The van der Waals surface area contributed by atoms with Gasteiger partial charge in [0.15, 0.2) is 0 Å². The van der Waals surface area contributed by atoms with Gasteiger partial charge in [-0.15, -0.1) is 0 Å². The topological polar surface area (TPSA) is 56.1 Å². The summed E-state index contributed by atoms with van der Waals surface area (Å²) in [5.41, 5.74) is 3.09. The Hall–Kier alpha value is -1.88. The standard InChI is InChI=1S/C15H21N3O2/c1-5-20-10(2)15(19)16-9-12-6-7-14-13(8-12)17-11(3)18(14)4/h6-8,10H,5,9H2,1-4H3,(H,16,19)/t10-/m0/s1. The van der Waals surface area contributed by atoms with Crippen molar-refractivity contribution in [1.82, 2.24) is 14.9 Å². The number of aryl methyl sites for hydroxylation is 2. The van der Waals surface area contributed by atoms with E-state index in [9.17, 15) is 4.79 Å². The molecule has 0 spiro atoms. The summed E-state index contributed by atoms with van der Waals surface area (Å²) in [5.74, 6) is 0.885. The highest BCUT2D eigenvalue weighted by Gasteiger charge is 2.12. The van der Waals surface area contributed by atoms with E-state index < -0.39 is 6.10 Å². The Balaban J connectivity index is 2.05. The lowest BCUT2D eigenvalue weighted by atomic mass is 10.2. The quantitative estimate of drug-likeness (QED) is 0.907. The van der Waals surface area contributed by atoms with Crippen molar-refractivity contribution >= 4 is 16.9 Å². The summed E-state index contributed by atoms with van der Waals surface area (Å²) in [4.78, 5) is 16.3. The van der Waals surface area contributed by atoms with E-state index in [1.165, 1.54) is 0 Å². The summed E-state index contributed by atoms with van der Waals surface area (Å²) in [5, 5.41) is 2.87. The molecule has 0 aliphatic rings. The number of ether oxygens (including phenoxy) is 1. The molecule has 1 N–H and O–H groups in total. The van der Waals surface area contributed by atoms with E-state index in [0.717, 1.165) is 22.4 Å². The maximum Gasteiger partial charge on any atom is 0.249 e. The number of hydrogen-bond acceptors (Lipinski definition) is 3. The molecule has 0 aliphatic carbocycles. The lowest BCUT2D eigenvalue weighted by molar-refractivity contribution is -0.131. The molecule has 1 aromatic carbocycles. The molecule has 0 unspecified atom stereocenters. The van der Waals surface area contributed by atoms with Crippen LogP contribution in [-0.4, -0.2) is 28.2 Å². The molecule has 1 heterocycles. The van der Waals surface area contributed by atoms with E-state index in [1.54, 1.807) is 6.92 Å². The Morgan fingerprint density at radius 1 is 1.50 bits per heavy atom. The second-order valence-electron chi connectivity index (χ2n) is 4.86. The highest BCUT2D eigenvalue weighted by Crippen LogP contribution is 2.16. The first kappa shape index (κ1) is 14.5. The summed E-state index contributed by atoms with van der Waals surface area (Å²) in [6, 6.07) is 6.05. The van der Waals surface area contributed by atoms with Crippen LogP contribution in [0.2, 0.25) is 0 Å². The Morgan fingerprint density at radius 3 is 2.95 bits per heavy atom. The lowest BCUT2D eigenvalue weighted by Gasteiger charge is -2.12. The molecule has 1 aromatic heterocycles. The third kappa shape index (κ3) is 2.99. The van der Waals surface area contributed by atoms with Crippen molar-refractivity contribution in [2.24, 2.45) is 7.05 Å². The molecule has 1 atom stereocenters. The molecule has 0 saturated carbocycles. The highest BCUT2D eigenvalue weighted by atomic mass is 16.5. The first-order valence-electron chi connectivity index (χ1n) is 6.84. The predicted octanol–water partition coefficient (Wildman–Crippen LogP) is 1.92. The fourth-order valence-electron chi connectivity index (χ4n) is 2.13. The fourth-order valence-corrected chi connectivity index (χ4v) is 2.13. The van der Waals surface area contributed by atoms with Crippen molar-refractivity contribution in [1.29, 1.82) is 0 Å².